The Hall–Kier alpha value is -4.33. The molecule has 0 saturated heterocycles. The van der Waals surface area contributed by atoms with E-state index in [9.17, 15) is 9.59 Å². The van der Waals surface area contributed by atoms with Crippen LogP contribution in [-0.2, 0) is 12.8 Å². The fourth-order valence-electron chi connectivity index (χ4n) is 3.40. The molecule has 33 heavy (non-hydrogen) atoms. The van der Waals surface area contributed by atoms with Gasteiger partial charge in [-0.15, -0.1) is 0 Å². The molecule has 0 fully saturated rings. The first-order chi connectivity index (χ1) is 16.0. The van der Waals surface area contributed by atoms with Crippen molar-refractivity contribution in [1.29, 1.82) is 0 Å². The highest BCUT2D eigenvalue weighted by atomic mass is 16.5. The van der Waals surface area contributed by atoms with Crippen LogP contribution in [0.3, 0.4) is 0 Å². The van der Waals surface area contributed by atoms with E-state index in [0.717, 1.165) is 11.1 Å². The van der Waals surface area contributed by atoms with Gasteiger partial charge >= 0.3 is 0 Å². The summed E-state index contributed by atoms with van der Waals surface area (Å²) in [6, 6.07) is 16.2. The number of amides is 1. The first-order valence-electron chi connectivity index (χ1n) is 10.6. The lowest BCUT2D eigenvalue weighted by Gasteiger charge is -2.09. The number of aryl methyl sites for hydroxylation is 2. The Bertz CT molecular complexity index is 1330. The van der Waals surface area contributed by atoms with Crippen LogP contribution in [0.15, 0.2) is 78.0 Å². The van der Waals surface area contributed by atoms with Crippen LogP contribution in [0, 0.1) is 0 Å². The molecule has 0 atom stereocenters. The number of hydrogen-bond acceptors (Lipinski definition) is 6. The van der Waals surface area contributed by atoms with E-state index in [4.69, 9.17) is 10.5 Å². The van der Waals surface area contributed by atoms with Gasteiger partial charge in [0, 0.05) is 23.4 Å². The van der Waals surface area contributed by atoms with Crippen molar-refractivity contribution in [2.45, 2.75) is 19.8 Å². The SMILES string of the molecule is CCOc1cnc(-c2cccc(CCc3nn(-c4cccc(C(N)=O)c4)ccc3=O)c2)nc1. The van der Waals surface area contributed by atoms with Crippen LogP contribution in [0.5, 0.6) is 5.75 Å². The summed E-state index contributed by atoms with van der Waals surface area (Å²) in [5.41, 5.74) is 8.63. The molecule has 0 saturated carbocycles. The molecule has 2 aromatic carbocycles. The summed E-state index contributed by atoms with van der Waals surface area (Å²) >= 11 is 0. The number of hydrogen-bond donors (Lipinski definition) is 1. The Morgan fingerprint density at radius 2 is 1.82 bits per heavy atom. The molecule has 0 aliphatic rings. The summed E-state index contributed by atoms with van der Waals surface area (Å²) in [7, 11) is 0. The number of primary amides is 1. The van der Waals surface area contributed by atoms with Crippen LogP contribution in [-0.4, -0.2) is 32.3 Å². The zero-order chi connectivity index (χ0) is 23.2. The largest absolute Gasteiger partial charge is 0.491 e. The molecule has 4 rings (SSSR count). The minimum Gasteiger partial charge on any atom is -0.491 e. The molecule has 166 valence electrons. The van der Waals surface area contributed by atoms with Gasteiger partial charge in [0.05, 0.1) is 24.7 Å². The predicted molar refractivity (Wildman–Crippen MR) is 124 cm³/mol. The highest BCUT2D eigenvalue weighted by Crippen LogP contribution is 2.19. The first kappa shape index (κ1) is 21.9. The highest BCUT2D eigenvalue weighted by Gasteiger charge is 2.08. The molecule has 0 aliphatic heterocycles. The van der Waals surface area contributed by atoms with Crippen molar-refractivity contribution in [1.82, 2.24) is 19.7 Å². The molecule has 0 spiro atoms. The summed E-state index contributed by atoms with van der Waals surface area (Å²) in [6.07, 6.45) is 5.97. The Kier molecular flexibility index (Phi) is 6.54. The van der Waals surface area contributed by atoms with E-state index in [1.165, 1.54) is 6.07 Å². The van der Waals surface area contributed by atoms with E-state index in [-0.39, 0.29) is 5.43 Å². The molecule has 2 heterocycles. The van der Waals surface area contributed by atoms with Crippen molar-refractivity contribution < 1.29 is 9.53 Å². The third kappa shape index (κ3) is 5.30. The Morgan fingerprint density at radius 1 is 1.03 bits per heavy atom. The molecule has 0 aliphatic carbocycles. The molecule has 8 heteroatoms. The zero-order valence-electron chi connectivity index (χ0n) is 18.1. The van der Waals surface area contributed by atoms with Crippen LogP contribution in [0.2, 0.25) is 0 Å². The zero-order valence-corrected chi connectivity index (χ0v) is 18.1. The number of carbonyl (C=O) groups is 1. The molecule has 0 unspecified atom stereocenters. The van der Waals surface area contributed by atoms with Gasteiger partial charge in [0.25, 0.3) is 0 Å². The van der Waals surface area contributed by atoms with Crippen LogP contribution >= 0.6 is 0 Å². The predicted octanol–water partition coefficient (Wildman–Crippen LogP) is 2.97. The third-order valence-electron chi connectivity index (χ3n) is 5.05. The second-order valence-corrected chi connectivity index (χ2v) is 7.36. The molecule has 1 amide bonds. The van der Waals surface area contributed by atoms with Gasteiger partial charge in [-0.2, -0.15) is 5.10 Å². The van der Waals surface area contributed by atoms with Crippen LogP contribution in [0.4, 0.5) is 0 Å². The molecular weight excluding hydrogens is 418 g/mol. The van der Waals surface area contributed by atoms with Gasteiger partial charge in [-0.1, -0.05) is 24.3 Å². The molecular formula is C25H23N5O3. The van der Waals surface area contributed by atoms with Crippen molar-refractivity contribution in [3.05, 3.63) is 100 Å². The van der Waals surface area contributed by atoms with E-state index in [0.29, 0.717) is 48.0 Å². The maximum atomic E-state index is 12.4. The summed E-state index contributed by atoms with van der Waals surface area (Å²) in [5.74, 6) is 0.717. The Balaban J connectivity index is 1.52. The lowest BCUT2D eigenvalue weighted by atomic mass is 10.0. The van der Waals surface area contributed by atoms with E-state index in [1.807, 2.05) is 31.2 Å². The van der Waals surface area contributed by atoms with Gasteiger partial charge in [0.15, 0.2) is 11.6 Å². The van der Waals surface area contributed by atoms with Crippen LogP contribution < -0.4 is 15.9 Å². The van der Waals surface area contributed by atoms with Crippen LogP contribution in [0.1, 0.15) is 28.5 Å². The minimum atomic E-state index is -0.519. The summed E-state index contributed by atoms with van der Waals surface area (Å²) in [6.45, 7) is 2.47. The Morgan fingerprint density at radius 3 is 2.58 bits per heavy atom. The second-order valence-electron chi connectivity index (χ2n) is 7.36. The van der Waals surface area contributed by atoms with Crippen molar-refractivity contribution >= 4 is 5.91 Å². The maximum Gasteiger partial charge on any atom is 0.248 e. The summed E-state index contributed by atoms with van der Waals surface area (Å²) < 4.78 is 6.97. The van der Waals surface area contributed by atoms with E-state index < -0.39 is 5.91 Å². The molecule has 8 nitrogen and oxygen atoms in total. The van der Waals surface area contributed by atoms with E-state index in [2.05, 4.69) is 15.1 Å². The number of carbonyl (C=O) groups excluding carboxylic acids is 1. The van der Waals surface area contributed by atoms with E-state index >= 15 is 0 Å². The molecule has 0 radical (unpaired) electrons. The number of nitrogens with two attached hydrogens (primary N) is 1. The average Bonchev–Trinajstić information content (AvgIpc) is 2.84. The maximum absolute atomic E-state index is 12.4. The number of nitrogens with zero attached hydrogens (tertiary/aromatic N) is 4. The topological polar surface area (TPSA) is 113 Å². The fourth-order valence-corrected chi connectivity index (χ4v) is 3.40. The number of ether oxygens (including phenoxy) is 1. The van der Waals surface area contributed by atoms with Crippen molar-refractivity contribution in [2.24, 2.45) is 5.73 Å². The first-order valence-corrected chi connectivity index (χ1v) is 10.6. The summed E-state index contributed by atoms with van der Waals surface area (Å²) in [4.78, 5) is 32.6. The van der Waals surface area contributed by atoms with Crippen molar-refractivity contribution in [3.8, 4) is 22.8 Å². The molecule has 2 N–H and O–H groups in total. The smallest absolute Gasteiger partial charge is 0.248 e. The lowest BCUT2D eigenvalue weighted by Crippen LogP contribution is -2.17. The van der Waals surface area contributed by atoms with E-state index in [1.54, 1.807) is 47.5 Å². The van der Waals surface area contributed by atoms with Gasteiger partial charge in [0.2, 0.25) is 11.3 Å². The normalized spacial score (nSPS) is 10.7. The van der Waals surface area contributed by atoms with Gasteiger partial charge in [-0.3, -0.25) is 9.59 Å². The standard InChI is InChI=1S/C25H23N5O3/c1-2-33-21-15-27-25(28-16-21)19-7-3-5-17(13-19)9-10-22-23(31)11-12-30(29-22)20-8-4-6-18(14-20)24(26)32/h3-8,11-16H,2,9-10H2,1H3,(H2,26,32). The van der Waals surface area contributed by atoms with Gasteiger partial charge in [-0.25, -0.2) is 14.6 Å². The minimum absolute atomic E-state index is 0.136. The average molecular weight is 441 g/mol. The van der Waals surface area contributed by atoms with Gasteiger partial charge in [0.1, 0.15) is 5.69 Å². The molecule has 0 bridgehead atoms. The highest BCUT2D eigenvalue weighted by molar-refractivity contribution is 5.93. The third-order valence-corrected chi connectivity index (χ3v) is 5.05. The fraction of sp³-hybridized carbons (Fsp3) is 0.160. The number of rotatable bonds is 8. The van der Waals surface area contributed by atoms with Crippen molar-refractivity contribution in [2.75, 3.05) is 6.61 Å². The molecule has 4 aromatic rings. The van der Waals surface area contributed by atoms with Crippen LogP contribution in [0.25, 0.3) is 17.1 Å². The molecule has 2 aromatic heterocycles. The van der Waals surface area contributed by atoms with Gasteiger partial charge < -0.3 is 10.5 Å². The number of aromatic nitrogens is 4. The quantitative estimate of drug-likeness (QED) is 0.450. The van der Waals surface area contributed by atoms with Crippen molar-refractivity contribution in [3.63, 3.8) is 0 Å². The van der Waals surface area contributed by atoms with Gasteiger partial charge in [-0.05, 0) is 49.6 Å². The number of benzene rings is 2. The summed E-state index contributed by atoms with van der Waals surface area (Å²) in [5, 5.41) is 4.48. The Labute approximate surface area is 190 Å². The monoisotopic (exact) mass is 441 g/mol. The lowest BCUT2D eigenvalue weighted by molar-refractivity contribution is 0.1000. The second kappa shape index (κ2) is 9.86.